The third-order valence-electron chi connectivity index (χ3n) is 2.18. The molecule has 0 aliphatic heterocycles. The van der Waals surface area contributed by atoms with Gasteiger partial charge in [0.05, 0.1) is 12.5 Å². The highest BCUT2D eigenvalue weighted by Gasteiger charge is 1.96. The Labute approximate surface area is 111 Å². The molecule has 2 N–H and O–H groups in total. The molecule has 0 radical (unpaired) electrons. The molecule has 0 saturated heterocycles. The molecule has 0 aliphatic rings. The van der Waals surface area contributed by atoms with Crippen LogP contribution in [0.4, 0.5) is 5.69 Å². The number of nitrogens with zero attached hydrogens (tertiary/aromatic N) is 1. The second kappa shape index (κ2) is 5.97. The predicted octanol–water partition coefficient (Wildman–Crippen LogP) is 2.91. The molecule has 2 rings (SSSR count). The summed E-state index contributed by atoms with van der Waals surface area (Å²) in [6.45, 7) is 2.02. The van der Waals surface area contributed by atoms with Crippen molar-refractivity contribution in [1.82, 2.24) is 5.43 Å². The van der Waals surface area contributed by atoms with E-state index < -0.39 is 0 Å². The fraction of sp³-hybridized carbons (Fsp3) is 0.0769. The quantitative estimate of drug-likeness (QED) is 0.505. The molecule has 0 amide bonds. The lowest BCUT2D eigenvalue weighted by Gasteiger charge is -2.07. The topological polar surface area (TPSA) is 49.6 Å². The monoisotopic (exact) mass is 259 g/mol. The van der Waals surface area contributed by atoms with Crippen LogP contribution in [0.15, 0.2) is 52.2 Å². The van der Waals surface area contributed by atoms with Crippen LogP contribution in [0, 0.1) is 6.92 Å². The first kappa shape index (κ1) is 12.3. The summed E-state index contributed by atoms with van der Waals surface area (Å²) in [5, 5.41) is 7.43. The highest BCUT2D eigenvalue weighted by molar-refractivity contribution is 7.80. The van der Waals surface area contributed by atoms with Gasteiger partial charge >= 0.3 is 0 Å². The van der Waals surface area contributed by atoms with Crippen LogP contribution in [-0.4, -0.2) is 11.3 Å². The molecule has 1 heterocycles. The van der Waals surface area contributed by atoms with E-state index in [1.807, 2.05) is 37.3 Å². The van der Waals surface area contributed by atoms with Gasteiger partial charge in [0.15, 0.2) is 5.11 Å². The fourth-order valence-corrected chi connectivity index (χ4v) is 1.57. The van der Waals surface area contributed by atoms with Gasteiger partial charge in [-0.1, -0.05) is 12.1 Å². The first-order chi connectivity index (χ1) is 8.74. The van der Waals surface area contributed by atoms with Gasteiger partial charge in [0.1, 0.15) is 5.76 Å². The van der Waals surface area contributed by atoms with Crippen LogP contribution in [0.3, 0.4) is 0 Å². The van der Waals surface area contributed by atoms with Crippen molar-refractivity contribution >= 4 is 29.2 Å². The van der Waals surface area contributed by atoms with Gasteiger partial charge in [-0.15, -0.1) is 0 Å². The van der Waals surface area contributed by atoms with Crippen LogP contribution < -0.4 is 10.7 Å². The van der Waals surface area contributed by atoms with E-state index in [4.69, 9.17) is 16.6 Å². The third kappa shape index (κ3) is 3.71. The van der Waals surface area contributed by atoms with Gasteiger partial charge in [0.2, 0.25) is 0 Å². The molecule has 0 spiro atoms. The number of hydrogen-bond donors (Lipinski definition) is 2. The summed E-state index contributed by atoms with van der Waals surface area (Å²) in [5.41, 5.74) is 4.82. The van der Waals surface area contributed by atoms with Crippen molar-refractivity contribution in [3.63, 3.8) is 0 Å². The maximum Gasteiger partial charge on any atom is 0.191 e. The Morgan fingerprint density at radius 1 is 1.33 bits per heavy atom. The minimum absolute atomic E-state index is 0.434. The number of benzene rings is 1. The van der Waals surface area contributed by atoms with Crippen molar-refractivity contribution in [2.45, 2.75) is 6.92 Å². The zero-order chi connectivity index (χ0) is 12.8. The van der Waals surface area contributed by atoms with E-state index in [1.54, 1.807) is 18.5 Å². The molecule has 1 aromatic carbocycles. The second-order valence-electron chi connectivity index (χ2n) is 3.71. The number of thiocarbonyl (C=S) groups is 1. The molecule has 0 atom stereocenters. The highest BCUT2D eigenvalue weighted by atomic mass is 32.1. The van der Waals surface area contributed by atoms with E-state index >= 15 is 0 Å². The Kier molecular flexibility index (Phi) is 4.09. The Morgan fingerprint density at radius 2 is 2.22 bits per heavy atom. The lowest BCUT2D eigenvalue weighted by molar-refractivity contribution is 0.560. The summed E-state index contributed by atoms with van der Waals surface area (Å²) in [4.78, 5) is 0. The zero-order valence-electron chi connectivity index (χ0n) is 9.88. The van der Waals surface area contributed by atoms with Gasteiger partial charge in [-0.25, -0.2) is 0 Å². The number of hydrogen-bond acceptors (Lipinski definition) is 3. The van der Waals surface area contributed by atoms with Gasteiger partial charge in [0, 0.05) is 5.69 Å². The smallest absolute Gasteiger partial charge is 0.191 e. The minimum Gasteiger partial charge on any atom is -0.463 e. The normalized spacial score (nSPS) is 10.5. The van der Waals surface area contributed by atoms with Crippen LogP contribution in [0.1, 0.15) is 11.3 Å². The molecule has 0 unspecified atom stereocenters. The van der Waals surface area contributed by atoms with E-state index in [9.17, 15) is 0 Å². The number of nitrogens with one attached hydrogen (secondary N) is 2. The molecule has 5 heteroatoms. The number of aryl methyl sites for hydroxylation is 1. The van der Waals surface area contributed by atoms with Crippen LogP contribution >= 0.6 is 12.2 Å². The molecular weight excluding hydrogens is 246 g/mol. The van der Waals surface area contributed by atoms with Crippen molar-refractivity contribution < 1.29 is 4.42 Å². The Hall–Kier alpha value is -2.14. The molecule has 92 valence electrons. The maximum absolute atomic E-state index is 5.11. The average molecular weight is 259 g/mol. The lowest BCUT2D eigenvalue weighted by Crippen LogP contribution is -2.23. The third-order valence-corrected chi connectivity index (χ3v) is 2.37. The first-order valence-corrected chi connectivity index (χ1v) is 5.85. The predicted molar refractivity (Wildman–Crippen MR) is 76.8 cm³/mol. The van der Waals surface area contributed by atoms with Crippen molar-refractivity contribution in [1.29, 1.82) is 0 Å². The molecule has 4 nitrogen and oxygen atoms in total. The van der Waals surface area contributed by atoms with Gasteiger partial charge < -0.3 is 9.73 Å². The van der Waals surface area contributed by atoms with E-state index in [-0.39, 0.29) is 0 Å². The molecule has 2 aromatic rings. The number of hydrazone groups is 1. The molecular formula is C13H13N3OS. The van der Waals surface area contributed by atoms with Crippen molar-refractivity contribution in [2.75, 3.05) is 5.32 Å². The Bertz CT molecular complexity index is 549. The largest absolute Gasteiger partial charge is 0.463 e. The van der Waals surface area contributed by atoms with Crippen LogP contribution in [0.2, 0.25) is 0 Å². The van der Waals surface area contributed by atoms with Crippen LogP contribution in [0.25, 0.3) is 0 Å². The summed E-state index contributed by atoms with van der Waals surface area (Å²) in [5.74, 6) is 0.667. The van der Waals surface area contributed by atoms with E-state index in [0.29, 0.717) is 10.9 Å². The summed E-state index contributed by atoms with van der Waals surface area (Å²) in [7, 11) is 0. The summed E-state index contributed by atoms with van der Waals surface area (Å²) < 4.78 is 5.10. The van der Waals surface area contributed by atoms with E-state index in [2.05, 4.69) is 15.8 Å². The summed E-state index contributed by atoms with van der Waals surface area (Å²) in [6, 6.07) is 11.5. The van der Waals surface area contributed by atoms with Gasteiger partial charge in [-0.05, 0) is 49.0 Å². The average Bonchev–Trinajstić information content (AvgIpc) is 2.82. The Balaban J connectivity index is 1.86. The molecule has 0 fully saturated rings. The summed E-state index contributed by atoms with van der Waals surface area (Å²) in [6.07, 6.45) is 3.15. The fourth-order valence-electron chi connectivity index (χ4n) is 1.40. The lowest BCUT2D eigenvalue weighted by atomic mass is 10.2. The van der Waals surface area contributed by atoms with Gasteiger partial charge in [-0.3, -0.25) is 5.43 Å². The standard InChI is InChI=1S/C13H13N3OS/c1-10-4-2-5-11(8-10)15-13(18)16-14-9-12-6-3-7-17-12/h2-9H,1H3,(H2,15,16,18)/b14-9-. The van der Waals surface area contributed by atoms with Crippen LogP contribution in [-0.2, 0) is 0 Å². The van der Waals surface area contributed by atoms with Crippen LogP contribution in [0.5, 0.6) is 0 Å². The first-order valence-electron chi connectivity index (χ1n) is 5.44. The molecule has 0 saturated carbocycles. The number of furan rings is 1. The summed E-state index contributed by atoms with van der Waals surface area (Å²) >= 11 is 5.11. The van der Waals surface area contributed by atoms with E-state index in [1.165, 1.54) is 5.56 Å². The van der Waals surface area contributed by atoms with Gasteiger partial charge in [-0.2, -0.15) is 5.10 Å². The Morgan fingerprint density at radius 3 is 2.94 bits per heavy atom. The molecule has 0 aliphatic carbocycles. The van der Waals surface area contributed by atoms with E-state index in [0.717, 1.165) is 5.69 Å². The molecule has 1 aromatic heterocycles. The SMILES string of the molecule is Cc1cccc(NC(=S)N/N=C\c2ccco2)c1. The van der Waals surface area contributed by atoms with Gasteiger partial charge in [0.25, 0.3) is 0 Å². The number of anilines is 1. The van der Waals surface area contributed by atoms with Crippen molar-refractivity contribution in [3.8, 4) is 0 Å². The molecule has 0 bridgehead atoms. The number of rotatable bonds is 3. The molecule has 18 heavy (non-hydrogen) atoms. The maximum atomic E-state index is 5.11. The van der Waals surface area contributed by atoms with Crippen molar-refractivity contribution in [3.05, 3.63) is 54.0 Å². The minimum atomic E-state index is 0.434. The zero-order valence-corrected chi connectivity index (χ0v) is 10.7. The second-order valence-corrected chi connectivity index (χ2v) is 4.12. The highest BCUT2D eigenvalue weighted by Crippen LogP contribution is 2.08. The van der Waals surface area contributed by atoms with Crippen molar-refractivity contribution in [2.24, 2.45) is 5.10 Å².